The van der Waals surface area contributed by atoms with Crippen molar-refractivity contribution in [1.82, 2.24) is 0 Å². The zero-order valence-electron chi connectivity index (χ0n) is 10.8. The summed E-state index contributed by atoms with van der Waals surface area (Å²) in [6, 6.07) is 5.47. The van der Waals surface area contributed by atoms with Crippen LogP contribution in [0.25, 0.3) is 0 Å². The van der Waals surface area contributed by atoms with Crippen LogP contribution in [0.3, 0.4) is 0 Å². The minimum absolute atomic E-state index is 0.0668. The summed E-state index contributed by atoms with van der Waals surface area (Å²) in [5, 5.41) is 9.77. The molecule has 3 nitrogen and oxygen atoms in total. The first kappa shape index (κ1) is 15.8. The quantitative estimate of drug-likeness (QED) is 0.869. The average Bonchev–Trinajstić information content (AvgIpc) is 2.29. The smallest absolute Gasteiger partial charge is 0.406 e. The van der Waals surface area contributed by atoms with Crippen molar-refractivity contribution in [3.63, 3.8) is 0 Å². The summed E-state index contributed by atoms with van der Waals surface area (Å²) >= 11 is 0. The van der Waals surface area contributed by atoms with Crippen LogP contribution in [-0.4, -0.2) is 30.8 Å². The molecule has 6 heteroatoms. The maximum atomic E-state index is 12.0. The fourth-order valence-corrected chi connectivity index (χ4v) is 1.66. The second-order valence-corrected chi connectivity index (χ2v) is 4.33. The second-order valence-electron chi connectivity index (χ2n) is 4.33. The van der Waals surface area contributed by atoms with Crippen LogP contribution in [0.5, 0.6) is 5.75 Å². The van der Waals surface area contributed by atoms with Gasteiger partial charge in [0.05, 0.1) is 12.2 Å². The van der Waals surface area contributed by atoms with E-state index in [0.717, 1.165) is 5.56 Å². The summed E-state index contributed by atoms with van der Waals surface area (Å²) in [5.74, 6) is -0.268. The topological polar surface area (TPSA) is 38.7 Å². The van der Waals surface area contributed by atoms with Crippen molar-refractivity contribution in [3.8, 4) is 5.75 Å². The molecule has 0 bridgehead atoms. The number of halogens is 3. The Kier molecular flexibility index (Phi) is 5.62. The largest absolute Gasteiger partial charge is 0.573 e. The SMILES string of the molecule is COC(C)CC(O)Cc1ccc(OC(F)(F)F)cc1. The van der Waals surface area contributed by atoms with Gasteiger partial charge in [-0.3, -0.25) is 0 Å². The van der Waals surface area contributed by atoms with E-state index in [-0.39, 0.29) is 11.9 Å². The van der Waals surface area contributed by atoms with Gasteiger partial charge < -0.3 is 14.6 Å². The zero-order valence-corrected chi connectivity index (χ0v) is 10.8. The van der Waals surface area contributed by atoms with Crippen LogP contribution in [0.2, 0.25) is 0 Å². The van der Waals surface area contributed by atoms with Gasteiger partial charge in [-0.1, -0.05) is 12.1 Å². The van der Waals surface area contributed by atoms with E-state index < -0.39 is 12.5 Å². The number of hydrogen-bond donors (Lipinski definition) is 1. The molecule has 0 spiro atoms. The van der Waals surface area contributed by atoms with Crippen molar-refractivity contribution in [2.45, 2.75) is 38.3 Å². The lowest BCUT2D eigenvalue weighted by molar-refractivity contribution is -0.274. The summed E-state index contributed by atoms with van der Waals surface area (Å²) in [6.07, 6.45) is -4.51. The van der Waals surface area contributed by atoms with Crippen LogP contribution < -0.4 is 4.74 Å². The third kappa shape index (κ3) is 6.45. The van der Waals surface area contributed by atoms with Crippen molar-refractivity contribution < 1.29 is 27.8 Å². The standard InChI is InChI=1S/C13H17F3O3/c1-9(18-2)7-11(17)8-10-3-5-12(6-4-10)19-13(14,15)16/h3-6,9,11,17H,7-8H2,1-2H3. The van der Waals surface area contributed by atoms with Crippen molar-refractivity contribution in [2.75, 3.05) is 7.11 Å². The van der Waals surface area contributed by atoms with Crippen LogP contribution in [0.15, 0.2) is 24.3 Å². The molecule has 1 rings (SSSR count). The van der Waals surface area contributed by atoms with Crippen LogP contribution in [0, 0.1) is 0 Å². The lowest BCUT2D eigenvalue weighted by atomic mass is 10.0. The van der Waals surface area contributed by atoms with E-state index in [2.05, 4.69) is 4.74 Å². The van der Waals surface area contributed by atoms with E-state index in [0.29, 0.717) is 12.8 Å². The Morgan fingerprint density at radius 2 is 1.79 bits per heavy atom. The van der Waals surface area contributed by atoms with Gasteiger partial charge in [0.15, 0.2) is 0 Å². The van der Waals surface area contributed by atoms with Crippen LogP contribution >= 0.6 is 0 Å². The molecule has 1 N–H and O–H groups in total. The molecule has 0 fully saturated rings. The number of rotatable bonds is 6. The molecular weight excluding hydrogens is 261 g/mol. The first-order valence-electron chi connectivity index (χ1n) is 5.85. The molecule has 0 aromatic heterocycles. The molecule has 0 aliphatic rings. The minimum atomic E-state index is -4.69. The Balaban J connectivity index is 2.52. The normalized spacial score (nSPS) is 15.1. The van der Waals surface area contributed by atoms with Gasteiger partial charge in [0.2, 0.25) is 0 Å². The van der Waals surface area contributed by atoms with Crippen molar-refractivity contribution in [1.29, 1.82) is 0 Å². The number of aliphatic hydroxyl groups excluding tert-OH is 1. The van der Waals surface area contributed by atoms with Crippen LogP contribution in [-0.2, 0) is 11.2 Å². The Morgan fingerprint density at radius 1 is 1.21 bits per heavy atom. The third-order valence-corrected chi connectivity index (χ3v) is 2.63. The monoisotopic (exact) mass is 278 g/mol. The highest BCUT2D eigenvalue weighted by atomic mass is 19.4. The van der Waals surface area contributed by atoms with E-state index in [1.54, 1.807) is 7.11 Å². The third-order valence-electron chi connectivity index (χ3n) is 2.63. The van der Waals surface area contributed by atoms with Crippen LogP contribution in [0.1, 0.15) is 18.9 Å². The fraction of sp³-hybridized carbons (Fsp3) is 0.538. The highest BCUT2D eigenvalue weighted by Crippen LogP contribution is 2.23. The molecule has 2 atom stereocenters. The van der Waals surface area contributed by atoms with Crippen molar-refractivity contribution >= 4 is 0 Å². The predicted octanol–water partition coefficient (Wildman–Crippen LogP) is 2.91. The Hall–Kier alpha value is -1.27. The summed E-state index contributed by atoms with van der Waals surface area (Å²) in [7, 11) is 1.56. The molecule has 19 heavy (non-hydrogen) atoms. The summed E-state index contributed by atoms with van der Waals surface area (Å²) in [6.45, 7) is 1.84. The first-order valence-corrected chi connectivity index (χ1v) is 5.85. The van der Waals surface area contributed by atoms with Gasteiger partial charge in [-0.15, -0.1) is 13.2 Å². The van der Waals surface area contributed by atoms with E-state index in [1.807, 2.05) is 6.92 Å². The average molecular weight is 278 g/mol. The van der Waals surface area contributed by atoms with E-state index in [1.165, 1.54) is 24.3 Å². The number of aliphatic hydroxyl groups is 1. The van der Waals surface area contributed by atoms with Crippen molar-refractivity contribution in [2.24, 2.45) is 0 Å². The van der Waals surface area contributed by atoms with Gasteiger partial charge >= 0.3 is 6.36 Å². The van der Waals surface area contributed by atoms with E-state index in [4.69, 9.17) is 4.74 Å². The zero-order chi connectivity index (χ0) is 14.5. The second kappa shape index (κ2) is 6.77. The molecule has 0 aliphatic heterocycles. The number of ether oxygens (including phenoxy) is 2. The number of benzene rings is 1. The Morgan fingerprint density at radius 3 is 2.26 bits per heavy atom. The maximum absolute atomic E-state index is 12.0. The lowest BCUT2D eigenvalue weighted by Crippen LogP contribution is -2.19. The summed E-state index contributed by atoms with van der Waals surface area (Å²) in [4.78, 5) is 0. The van der Waals surface area contributed by atoms with Gasteiger partial charge in [-0.05, 0) is 37.5 Å². The number of alkyl halides is 3. The molecule has 0 heterocycles. The first-order chi connectivity index (χ1) is 8.80. The predicted molar refractivity (Wildman–Crippen MR) is 63.9 cm³/mol. The van der Waals surface area contributed by atoms with E-state index >= 15 is 0 Å². The highest BCUT2D eigenvalue weighted by Gasteiger charge is 2.30. The van der Waals surface area contributed by atoms with Gasteiger partial charge in [0.1, 0.15) is 5.75 Å². The van der Waals surface area contributed by atoms with Gasteiger partial charge in [-0.2, -0.15) is 0 Å². The Labute approximate surface area is 110 Å². The molecule has 2 unspecified atom stereocenters. The molecule has 1 aromatic carbocycles. The minimum Gasteiger partial charge on any atom is -0.406 e. The van der Waals surface area contributed by atoms with E-state index in [9.17, 15) is 18.3 Å². The summed E-state index contributed by atoms with van der Waals surface area (Å²) in [5.41, 5.74) is 0.741. The molecule has 1 aromatic rings. The Bertz CT molecular complexity index is 376. The van der Waals surface area contributed by atoms with Gasteiger partial charge in [0.25, 0.3) is 0 Å². The molecule has 0 radical (unpaired) electrons. The number of hydrogen-bond acceptors (Lipinski definition) is 3. The molecular formula is C13H17F3O3. The molecule has 0 saturated heterocycles. The summed E-state index contributed by atoms with van der Waals surface area (Å²) < 4.78 is 44.7. The van der Waals surface area contributed by atoms with Crippen LogP contribution in [0.4, 0.5) is 13.2 Å². The molecule has 0 amide bonds. The maximum Gasteiger partial charge on any atom is 0.573 e. The van der Waals surface area contributed by atoms with Gasteiger partial charge in [-0.25, -0.2) is 0 Å². The van der Waals surface area contributed by atoms with Crippen molar-refractivity contribution in [3.05, 3.63) is 29.8 Å². The highest BCUT2D eigenvalue weighted by molar-refractivity contribution is 5.27. The molecule has 0 aliphatic carbocycles. The number of methoxy groups -OCH3 is 1. The molecule has 108 valence electrons. The fourth-order valence-electron chi connectivity index (χ4n) is 1.66. The van der Waals surface area contributed by atoms with Gasteiger partial charge in [0, 0.05) is 7.11 Å². The lowest BCUT2D eigenvalue weighted by Gasteiger charge is -2.15. The molecule has 0 saturated carbocycles.